The smallest absolute Gasteiger partial charge is 0.360 e. The standard InChI is InChI=1S/C26H29N5O3/c1-30-15-21(22(28-30)25(33)34-2)27-24(32)20-14-31(19-6-4-3-5-7-19)29-23(20)26-11-16-8-17(12-26)10-18(9-16)13-26/h3-7,14-18H,8-13H2,1-2H3,(H,27,32). The number of rotatable bonds is 5. The predicted molar refractivity (Wildman–Crippen MR) is 126 cm³/mol. The number of nitrogens with zero attached hydrogens (tertiary/aromatic N) is 4. The van der Waals surface area contributed by atoms with E-state index in [0.717, 1.165) is 48.4 Å². The van der Waals surface area contributed by atoms with Gasteiger partial charge in [0.1, 0.15) is 0 Å². The number of carbonyl (C=O) groups is 2. The maximum Gasteiger partial charge on any atom is 0.360 e. The van der Waals surface area contributed by atoms with Gasteiger partial charge in [-0.1, -0.05) is 18.2 Å². The lowest BCUT2D eigenvalue weighted by molar-refractivity contribution is -0.00765. The fourth-order valence-electron chi connectivity index (χ4n) is 7.06. The number of hydrogen-bond acceptors (Lipinski definition) is 5. The number of methoxy groups -OCH3 is 1. The quantitative estimate of drug-likeness (QED) is 0.580. The third-order valence-electron chi connectivity index (χ3n) is 7.98. The number of para-hydroxylation sites is 1. The highest BCUT2D eigenvalue weighted by Crippen LogP contribution is 2.60. The summed E-state index contributed by atoms with van der Waals surface area (Å²) in [6.07, 6.45) is 10.7. The number of hydrogen-bond donors (Lipinski definition) is 1. The van der Waals surface area contributed by atoms with Crippen LogP contribution in [0.2, 0.25) is 0 Å². The lowest BCUT2D eigenvalue weighted by atomic mass is 9.48. The second kappa shape index (κ2) is 7.82. The summed E-state index contributed by atoms with van der Waals surface area (Å²) in [6.45, 7) is 0. The highest BCUT2D eigenvalue weighted by Gasteiger charge is 2.54. The lowest BCUT2D eigenvalue weighted by Crippen LogP contribution is -2.49. The van der Waals surface area contributed by atoms with Crippen LogP contribution in [0.15, 0.2) is 42.7 Å². The van der Waals surface area contributed by atoms with Gasteiger partial charge in [0, 0.05) is 24.9 Å². The minimum Gasteiger partial charge on any atom is -0.464 e. The summed E-state index contributed by atoms with van der Waals surface area (Å²) in [5.74, 6) is 1.33. The first-order valence-corrected chi connectivity index (χ1v) is 12.0. The molecule has 1 amide bonds. The van der Waals surface area contributed by atoms with Crippen molar-refractivity contribution >= 4 is 17.6 Å². The van der Waals surface area contributed by atoms with Crippen LogP contribution in [-0.2, 0) is 17.2 Å². The van der Waals surface area contributed by atoms with E-state index in [1.54, 1.807) is 13.2 Å². The average molecular weight is 460 g/mol. The van der Waals surface area contributed by atoms with Gasteiger partial charge >= 0.3 is 5.97 Å². The molecule has 0 saturated heterocycles. The second-order valence-corrected chi connectivity index (χ2v) is 10.4. The van der Waals surface area contributed by atoms with E-state index in [-0.39, 0.29) is 17.0 Å². The third kappa shape index (κ3) is 3.43. The maximum absolute atomic E-state index is 13.7. The fraction of sp³-hybridized carbons (Fsp3) is 0.462. The van der Waals surface area contributed by atoms with E-state index in [0.29, 0.717) is 11.3 Å². The van der Waals surface area contributed by atoms with Crippen molar-refractivity contribution in [2.45, 2.75) is 43.9 Å². The molecule has 0 spiro atoms. The number of aryl methyl sites for hydroxylation is 1. The van der Waals surface area contributed by atoms with Crippen LogP contribution < -0.4 is 5.32 Å². The number of aromatic nitrogens is 4. The van der Waals surface area contributed by atoms with Gasteiger partial charge in [-0.15, -0.1) is 0 Å². The summed E-state index contributed by atoms with van der Waals surface area (Å²) in [7, 11) is 3.01. The molecule has 4 aliphatic rings. The monoisotopic (exact) mass is 459 g/mol. The Hall–Kier alpha value is -3.42. The van der Waals surface area contributed by atoms with Crippen molar-refractivity contribution in [3.63, 3.8) is 0 Å². The van der Waals surface area contributed by atoms with Gasteiger partial charge in [-0.05, 0) is 68.4 Å². The van der Waals surface area contributed by atoms with Crippen molar-refractivity contribution in [1.82, 2.24) is 19.6 Å². The molecule has 8 heteroatoms. The SMILES string of the molecule is COC(=O)c1nn(C)cc1NC(=O)c1cn(-c2ccccc2)nc1C12CC3CC(CC(C3)C1)C2. The van der Waals surface area contributed by atoms with E-state index in [4.69, 9.17) is 9.84 Å². The number of nitrogens with one attached hydrogen (secondary N) is 1. The molecule has 34 heavy (non-hydrogen) atoms. The molecule has 4 bridgehead atoms. The molecule has 3 aromatic rings. The topological polar surface area (TPSA) is 91.0 Å². The van der Waals surface area contributed by atoms with E-state index in [1.807, 2.05) is 41.2 Å². The number of ether oxygens (including phenoxy) is 1. The van der Waals surface area contributed by atoms with E-state index in [9.17, 15) is 9.59 Å². The van der Waals surface area contributed by atoms with Crippen molar-refractivity contribution in [2.75, 3.05) is 12.4 Å². The third-order valence-corrected chi connectivity index (χ3v) is 7.98. The second-order valence-electron chi connectivity index (χ2n) is 10.4. The van der Waals surface area contributed by atoms with Crippen LogP contribution in [0.25, 0.3) is 5.69 Å². The number of amides is 1. The van der Waals surface area contributed by atoms with Crippen molar-refractivity contribution in [3.05, 3.63) is 59.7 Å². The summed E-state index contributed by atoms with van der Waals surface area (Å²) in [5, 5.41) is 12.1. The van der Waals surface area contributed by atoms with E-state index in [1.165, 1.54) is 31.1 Å². The molecule has 7 rings (SSSR count). The molecule has 0 unspecified atom stereocenters. The molecule has 2 heterocycles. The lowest BCUT2D eigenvalue weighted by Gasteiger charge is -2.56. The van der Waals surface area contributed by atoms with Crippen molar-refractivity contribution < 1.29 is 14.3 Å². The summed E-state index contributed by atoms with van der Waals surface area (Å²) in [5.41, 5.74) is 2.77. The van der Waals surface area contributed by atoms with Gasteiger partial charge in [-0.3, -0.25) is 9.48 Å². The zero-order valence-electron chi connectivity index (χ0n) is 19.5. The molecule has 8 nitrogen and oxygen atoms in total. The molecular formula is C26H29N5O3. The Bertz CT molecular complexity index is 1220. The number of esters is 1. The highest BCUT2D eigenvalue weighted by atomic mass is 16.5. The maximum atomic E-state index is 13.7. The van der Waals surface area contributed by atoms with Crippen molar-refractivity contribution in [2.24, 2.45) is 24.8 Å². The highest BCUT2D eigenvalue weighted by molar-refractivity contribution is 6.08. The zero-order chi connectivity index (χ0) is 23.4. The molecule has 1 aromatic carbocycles. The normalized spacial score (nSPS) is 27.1. The van der Waals surface area contributed by atoms with Crippen molar-refractivity contribution in [1.29, 1.82) is 0 Å². The molecule has 2 aromatic heterocycles. The number of carbonyl (C=O) groups excluding carboxylic acids is 2. The first-order valence-electron chi connectivity index (χ1n) is 12.0. The molecule has 4 aliphatic carbocycles. The Balaban J connectivity index is 1.41. The summed E-state index contributed by atoms with van der Waals surface area (Å²) < 4.78 is 8.17. The van der Waals surface area contributed by atoms with Crippen LogP contribution in [0.3, 0.4) is 0 Å². The number of anilines is 1. The van der Waals surface area contributed by atoms with Crippen LogP contribution in [-0.4, -0.2) is 38.5 Å². The first-order chi connectivity index (χ1) is 16.4. The Morgan fingerprint density at radius 3 is 2.26 bits per heavy atom. The van der Waals surface area contributed by atoms with Crippen LogP contribution in [0.1, 0.15) is 65.1 Å². The van der Waals surface area contributed by atoms with Gasteiger partial charge < -0.3 is 10.1 Å². The predicted octanol–water partition coefficient (Wildman–Crippen LogP) is 4.11. The molecule has 4 fully saturated rings. The molecule has 176 valence electrons. The minimum atomic E-state index is -0.586. The van der Waals surface area contributed by atoms with Gasteiger partial charge in [0.25, 0.3) is 5.91 Å². The zero-order valence-corrected chi connectivity index (χ0v) is 19.5. The van der Waals surface area contributed by atoms with Crippen LogP contribution >= 0.6 is 0 Å². The Kier molecular flexibility index (Phi) is 4.86. The Morgan fingerprint density at radius 2 is 1.65 bits per heavy atom. The molecule has 0 atom stereocenters. The van der Waals surface area contributed by atoms with Crippen LogP contribution in [0, 0.1) is 17.8 Å². The van der Waals surface area contributed by atoms with Gasteiger partial charge in [0.2, 0.25) is 0 Å². The summed E-state index contributed by atoms with van der Waals surface area (Å²) >= 11 is 0. The molecule has 0 aliphatic heterocycles. The average Bonchev–Trinajstić information content (AvgIpc) is 3.43. The Labute approximate surface area is 198 Å². The van der Waals surface area contributed by atoms with Crippen molar-refractivity contribution in [3.8, 4) is 5.69 Å². The van der Waals surface area contributed by atoms with E-state index in [2.05, 4.69) is 10.4 Å². The molecule has 1 N–H and O–H groups in total. The molecular weight excluding hydrogens is 430 g/mol. The summed E-state index contributed by atoms with van der Waals surface area (Å²) in [4.78, 5) is 25.9. The van der Waals surface area contributed by atoms with E-state index < -0.39 is 5.97 Å². The number of benzene rings is 1. The molecule has 0 radical (unpaired) electrons. The Morgan fingerprint density at radius 1 is 1.00 bits per heavy atom. The largest absolute Gasteiger partial charge is 0.464 e. The van der Waals surface area contributed by atoms with Gasteiger partial charge in [-0.25, -0.2) is 9.48 Å². The van der Waals surface area contributed by atoms with E-state index >= 15 is 0 Å². The fourth-order valence-corrected chi connectivity index (χ4v) is 7.06. The molecule has 4 saturated carbocycles. The van der Waals surface area contributed by atoms with Crippen LogP contribution in [0.4, 0.5) is 5.69 Å². The summed E-state index contributed by atoms with van der Waals surface area (Å²) in [6, 6.07) is 9.90. The van der Waals surface area contributed by atoms with Gasteiger partial charge in [0.15, 0.2) is 5.69 Å². The minimum absolute atomic E-state index is 0.0540. The van der Waals surface area contributed by atoms with Crippen LogP contribution in [0.5, 0.6) is 0 Å². The van der Waals surface area contributed by atoms with Gasteiger partial charge in [0.05, 0.1) is 29.7 Å². The first kappa shape index (κ1) is 21.1. The van der Waals surface area contributed by atoms with Gasteiger partial charge in [-0.2, -0.15) is 10.2 Å².